The molecule has 0 N–H and O–H groups in total. The van der Waals surface area contributed by atoms with Crippen molar-refractivity contribution in [1.29, 1.82) is 0 Å². The number of benzene rings is 2. The quantitative estimate of drug-likeness (QED) is 0.322. The van der Waals surface area contributed by atoms with Crippen LogP contribution in [0.3, 0.4) is 0 Å². The fraction of sp³-hybridized carbons (Fsp3) is 0.158. The number of hydrogen-bond acceptors (Lipinski definition) is 4. The van der Waals surface area contributed by atoms with E-state index < -0.39 is 5.97 Å². The van der Waals surface area contributed by atoms with E-state index in [0.29, 0.717) is 5.90 Å². The lowest BCUT2D eigenvalue weighted by molar-refractivity contribution is -0.129. The van der Waals surface area contributed by atoms with Gasteiger partial charge in [0.2, 0.25) is 5.90 Å². The smallest absolute Gasteiger partial charge is 0.363 e. The molecule has 0 saturated heterocycles. The Labute approximate surface area is 168 Å². The Hall–Kier alpha value is -1.67. The molecule has 0 bridgehead atoms. The normalized spacial score (nSPS) is 15.5. The first-order chi connectivity index (χ1) is 11.9. The molecule has 128 valence electrons. The van der Waals surface area contributed by atoms with Gasteiger partial charge >= 0.3 is 5.97 Å². The molecule has 0 spiro atoms. The van der Waals surface area contributed by atoms with Crippen LogP contribution in [0.25, 0.3) is 6.08 Å². The molecular formula is C19H15BrINO3. The van der Waals surface area contributed by atoms with E-state index in [0.717, 1.165) is 24.9 Å². The van der Waals surface area contributed by atoms with Gasteiger partial charge in [0.25, 0.3) is 0 Å². The van der Waals surface area contributed by atoms with E-state index in [9.17, 15) is 4.79 Å². The number of rotatable bonds is 4. The van der Waals surface area contributed by atoms with Crippen LogP contribution < -0.4 is 4.74 Å². The fourth-order valence-electron chi connectivity index (χ4n) is 2.27. The van der Waals surface area contributed by atoms with Crippen LogP contribution in [-0.4, -0.2) is 18.0 Å². The highest BCUT2D eigenvalue weighted by molar-refractivity contribution is 14.1. The number of aliphatic imine (C=N–C) groups is 1. The van der Waals surface area contributed by atoms with Crippen LogP contribution in [0.1, 0.15) is 25.0 Å². The van der Waals surface area contributed by atoms with Gasteiger partial charge in [-0.2, -0.15) is 0 Å². The zero-order valence-corrected chi connectivity index (χ0v) is 17.4. The molecule has 6 heteroatoms. The van der Waals surface area contributed by atoms with Crippen molar-refractivity contribution in [2.45, 2.75) is 20.0 Å². The minimum atomic E-state index is -0.458. The van der Waals surface area contributed by atoms with E-state index in [-0.39, 0.29) is 11.8 Å². The third-order valence-corrected chi connectivity index (χ3v) is 5.66. The summed E-state index contributed by atoms with van der Waals surface area (Å²) >= 11 is 5.69. The number of halogens is 2. The molecule has 25 heavy (non-hydrogen) atoms. The number of esters is 1. The van der Waals surface area contributed by atoms with Crippen molar-refractivity contribution in [2.75, 3.05) is 0 Å². The van der Waals surface area contributed by atoms with E-state index >= 15 is 0 Å². The summed E-state index contributed by atoms with van der Waals surface area (Å²) in [6.07, 6.45) is 1.79. The van der Waals surface area contributed by atoms with Crippen LogP contribution in [0.2, 0.25) is 0 Å². The van der Waals surface area contributed by atoms with Gasteiger partial charge in [-0.05, 0) is 94.3 Å². The molecule has 3 rings (SSSR count). The van der Waals surface area contributed by atoms with Crippen molar-refractivity contribution in [3.05, 3.63) is 67.3 Å². The van der Waals surface area contributed by atoms with Gasteiger partial charge in [-0.15, -0.1) is 0 Å². The van der Waals surface area contributed by atoms with Crippen molar-refractivity contribution < 1.29 is 14.3 Å². The number of carbonyl (C=O) groups is 1. The number of carbonyl (C=O) groups excluding carboxylic acids is 1. The average Bonchev–Trinajstić information content (AvgIpc) is 2.91. The molecule has 0 radical (unpaired) electrons. The zero-order chi connectivity index (χ0) is 18.0. The second-order valence-corrected chi connectivity index (χ2v) is 7.72. The van der Waals surface area contributed by atoms with Crippen molar-refractivity contribution >= 4 is 56.5 Å². The number of hydrogen-bond donors (Lipinski definition) is 0. The van der Waals surface area contributed by atoms with Crippen molar-refractivity contribution in [3.63, 3.8) is 0 Å². The highest BCUT2D eigenvalue weighted by atomic mass is 127. The minimum absolute atomic E-state index is 0.0864. The van der Waals surface area contributed by atoms with E-state index in [2.05, 4.69) is 43.5 Å². The molecule has 0 aromatic heterocycles. The van der Waals surface area contributed by atoms with Crippen molar-refractivity contribution in [2.24, 2.45) is 4.99 Å². The minimum Gasteiger partial charge on any atom is -0.491 e. The third kappa shape index (κ3) is 4.49. The summed E-state index contributed by atoms with van der Waals surface area (Å²) in [5.74, 6) is 0.601. The van der Waals surface area contributed by atoms with Crippen LogP contribution in [0.4, 0.5) is 0 Å². The number of ether oxygens (including phenoxy) is 2. The van der Waals surface area contributed by atoms with Crippen molar-refractivity contribution in [1.82, 2.24) is 0 Å². The van der Waals surface area contributed by atoms with Gasteiger partial charge in [-0.1, -0.05) is 12.1 Å². The fourth-order valence-corrected chi connectivity index (χ4v) is 2.98. The van der Waals surface area contributed by atoms with Crippen LogP contribution in [0.5, 0.6) is 5.75 Å². The Morgan fingerprint density at radius 2 is 2.04 bits per heavy atom. The topological polar surface area (TPSA) is 47.9 Å². The molecule has 0 saturated carbocycles. The third-order valence-electron chi connectivity index (χ3n) is 3.32. The summed E-state index contributed by atoms with van der Waals surface area (Å²) in [7, 11) is 0. The Bertz CT molecular complexity index is 890. The highest BCUT2D eigenvalue weighted by Gasteiger charge is 2.24. The largest absolute Gasteiger partial charge is 0.491 e. The van der Waals surface area contributed by atoms with Crippen LogP contribution in [0, 0.1) is 3.57 Å². The molecule has 1 heterocycles. The number of cyclic esters (lactones) is 1. The Balaban J connectivity index is 1.89. The summed E-state index contributed by atoms with van der Waals surface area (Å²) in [6.45, 7) is 3.93. The van der Waals surface area contributed by atoms with E-state index in [1.165, 1.54) is 0 Å². The standard InChI is InChI=1S/C19H15BrINO3/c1-11(2)24-14-5-3-4-12(8-14)9-17-19(23)25-18(22-17)13-6-7-16(21)15(20)10-13/h3-11H,1-2H3/b17-9-. The van der Waals surface area contributed by atoms with Gasteiger partial charge in [-0.3, -0.25) is 0 Å². The molecule has 1 aliphatic heterocycles. The van der Waals surface area contributed by atoms with Crippen molar-refractivity contribution in [3.8, 4) is 5.75 Å². The molecule has 0 aliphatic carbocycles. The summed E-state index contributed by atoms with van der Waals surface area (Å²) in [5, 5.41) is 0. The van der Waals surface area contributed by atoms with E-state index in [4.69, 9.17) is 9.47 Å². The molecule has 2 aromatic carbocycles. The molecule has 0 unspecified atom stereocenters. The summed E-state index contributed by atoms with van der Waals surface area (Å²) < 4.78 is 13.0. The Morgan fingerprint density at radius 1 is 1.24 bits per heavy atom. The Morgan fingerprint density at radius 3 is 2.76 bits per heavy atom. The average molecular weight is 512 g/mol. The molecular weight excluding hydrogens is 497 g/mol. The van der Waals surface area contributed by atoms with Crippen LogP contribution in [0.15, 0.2) is 57.6 Å². The van der Waals surface area contributed by atoms with Crippen LogP contribution in [-0.2, 0) is 9.53 Å². The SMILES string of the molecule is CC(C)Oc1cccc(/C=C2\N=C(c3ccc(I)c(Br)c3)OC2=O)c1. The van der Waals surface area contributed by atoms with Gasteiger partial charge in [0.1, 0.15) is 5.75 Å². The summed E-state index contributed by atoms with van der Waals surface area (Å²) in [6, 6.07) is 13.2. The molecule has 1 aliphatic rings. The maximum absolute atomic E-state index is 12.1. The van der Waals surface area contributed by atoms with Gasteiger partial charge in [0.05, 0.1) is 6.10 Å². The Kier molecular flexibility index (Phi) is 5.58. The lowest BCUT2D eigenvalue weighted by atomic mass is 10.2. The first kappa shape index (κ1) is 18.1. The zero-order valence-electron chi connectivity index (χ0n) is 13.6. The summed E-state index contributed by atoms with van der Waals surface area (Å²) in [5.41, 5.74) is 1.85. The molecule has 0 fully saturated rings. The maximum atomic E-state index is 12.1. The maximum Gasteiger partial charge on any atom is 0.363 e. The van der Waals surface area contributed by atoms with Gasteiger partial charge in [0, 0.05) is 13.6 Å². The van der Waals surface area contributed by atoms with Gasteiger partial charge in [-0.25, -0.2) is 9.79 Å². The monoisotopic (exact) mass is 511 g/mol. The molecule has 2 aromatic rings. The van der Waals surface area contributed by atoms with Gasteiger partial charge < -0.3 is 9.47 Å². The number of nitrogens with zero attached hydrogens (tertiary/aromatic N) is 1. The lowest BCUT2D eigenvalue weighted by Crippen LogP contribution is -2.06. The molecule has 0 amide bonds. The summed E-state index contributed by atoms with van der Waals surface area (Å²) in [4.78, 5) is 16.5. The predicted octanol–water partition coefficient (Wildman–Crippen LogP) is 5.19. The predicted molar refractivity (Wildman–Crippen MR) is 110 cm³/mol. The first-order valence-electron chi connectivity index (χ1n) is 7.67. The molecule has 0 atom stereocenters. The second-order valence-electron chi connectivity index (χ2n) is 5.70. The highest BCUT2D eigenvalue weighted by Crippen LogP contribution is 2.25. The van der Waals surface area contributed by atoms with Crippen LogP contribution >= 0.6 is 38.5 Å². The van der Waals surface area contributed by atoms with E-state index in [1.807, 2.05) is 56.3 Å². The van der Waals surface area contributed by atoms with E-state index in [1.54, 1.807) is 6.08 Å². The first-order valence-corrected chi connectivity index (χ1v) is 9.54. The second kappa shape index (κ2) is 7.70. The lowest BCUT2D eigenvalue weighted by Gasteiger charge is -2.09. The molecule has 4 nitrogen and oxygen atoms in total. The van der Waals surface area contributed by atoms with Gasteiger partial charge in [0.15, 0.2) is 5.70 Å².